The summed E-state index contributed by atoms with van der Waals surface area (Å²) < 4.78 is 0.759. The van der Waals surface area contributed by atoms with Crippen molar-refractivity contribution >= 4 is 46.3 Å². The number of carbonyl (C=O) groups excluding carboxylic acids is 1. The van der Waals surface area contributed by atoms with E-state index in [4.69, 9.17) is 11.6 Å². The van der Waals surface area contributed by atoms with Gasteiger partial charge in [0.25, 0.3) is 0 Å². The highest BCUT2D eigenvalue weighted by Crippen LogP contribution is 2.26. The SMILES string of the molecule is C[C@H](Sc1nncs1)C(=O)Nc1cccnc1Cl. The molecule has 0 aromatic carbocycles. The minimum atomic E-state index is -0.283. The largest absolute Gasteiger partial charge is 0.322 e. The monoisotopic (exact) mass is 300 g/mol. The van der Waals surface area contributed by atoms with E-state index in [0.717, 1.165) is 4.34 Å². The van der Waals surface area contributed by atoms with Gasteiger partial charge >= 0.3 is 0 Å². The van der Waals surface area contributed by atoms with E-state index in [9.17, 15) is 4.79 Å². The molecule has 0 bridgehead atoms. The first-order chi connectivity index (χ1) is 8.66. The smallest absolute Gasteiger partial charge is 0.237 e. The molecule has 0 unspecified atom stereocenters. The molecule has 0 radical (unpaired) electrons. The number of thioether (sulfide) groups is 1. The molecule has 0 fully saturated rings. The van der Waals surface area contributed by atoms with Gasteiger partial charge in [-0.25, -0.2) is 4.98 Å². The van der Waals surface area contributed by atoms with E-state index >= 15 is 0 Å². The first kappa shape index (κ1) is 13.3. The van der Waals surface area contributed by atoms with Gasteiger partial charge in [0.15, 0.2) is 9.49 Å². The fourth-order valence-corrected chi connectivity index (χ4v) is 2.93. The zero-order valence-electron chi connectivity index (χ0n) is 9.33. The summed E-state index contributed by atoms with van der Waals surface area (Å²) in [6.45, 7) is 1.80. The number of aromatic nitrogens is 3. The average Bonchev–Trinajstić information content (AvgIpc) is 2.84. The highest BCUT2D eigenvalue weighted by molar-refractivity contribution is 8.02. The molecule has 2 aromatic rings. The molecule has 8 heteroatoms. The molecule has 2 heterocycles. The predicted molar refractivity (Wildman–Crippen MR) is 73.1 cm³/mol. The van der Waals surface area contributed by atoms with Crippen LogP contribution in [0.15, 0.2) is 28.2 Å². The fraction of sp³-hybridized carbons (Fsp3) is 0.200. The number of nitrogens with one attached hydrogen (secondary N) is 1. The van der Waals surface area contributed by atoms with Crippen molar-refractivity contribution in [1.29, 1.82) is 0 Å². The van der Waals surface area contributed by atoms with E-state index in [1.54, 1.807) is 30.8 Å². The molecule has 2 aromatic heterocycles. The van der Waals surface area contributed by atoms with Gasteiger partial charge < -0.3 is 5.32 Å². The number of amides is 1. The Kier molecular flexibility index (Phi) is 4.51. The molecule has 0 aliphatic rings. The molecular weight excluding hydrogens is 292 g/mol. The Hall–Kier alpha value is -1.18. The Morgan fingerprint density at radius 1 is 1.61 bits per heavy atom. The molecule has 94 valence electrons. The van der Waals surface area contributed by atoms with E-state index < -0.39 is 0 Å². The lowest BCUT2D eigenvalue weighted by atomic mass is 10.4. The molecule has 0 aliphatic heterocycles. The maximum absolute atomic E-state index is 11.9. The normalized spacial score (nSPS) is 12.1. The van der Waals surface area contributed by atoms with Crippen molar-refractivity contribution in [1.82, 2.24) is 15.2 Å². The summed E-state index contributed by atoms with van der Waals surface area (Å²) in [4.78, 5) is 15.8. The second-order valence-corrected chi connectivity index (χ2v) is 6.07. The van der Waals surface area contributed by atoms with Gasteiger partial charge in [-0.2, -0.15) is 0 Å². The zero-order valence-corrected chi connectivity index (χ0v) is 11.7. The molecule has 0 spiro atoms. The summed E-state index contributed by atoms with van der Waals surface area (Å²) in [5.74, 6) is -0.148. The van der Waals surface area contributed by atoms with Gasteiger partial charge in [-0.3, -0.25) is 4.79 Å². The van der Waals surface area contributed by atoms with E-state index in [0.29, 0.717) is 5.69 Å². The number of rotatable bonds is 4. The quantitative estimate of drug-likeness (QED) is 0.694. The minimum Gasteiger partial charge on any atom is -0.322 e. The summed E-state index contributed by atoms with van der Waals surface area (Å²) >= 11 is 8.62. The highest BCUT2D eigenvalue weighted by atomic mass is 35.5. The Morgan fingerprint density at radius 2 is 2.44 bits per heavy atom. The molecule has 1 atom stereocenters. The third-order valence-corrected chi connectivity index (χ3v) is 4.22. The van der Waals surface area contributed by atoms with Crippen molar-refractivity contribution < 1.29 is 4.79 Å². The van der Waals surface area contributed by atoms with E-state index in [1.165, 1.54) is 23.1 Å². The van der Waals surface area contributed by atoms with Gasteiger partial charge in [0.05, 0.1) is 10.9 Å². The molecule has 0 saturated carbocycles. The number of halogens is 1. The number of pyridine rings is 1. The third-order valence-electron chi connectivity index (χ3n) is 2.00. The van der Waals surface area contributed by atoms with Crippen LogP contribution in [0.5, 0.6) is 0 Å². The summed E-state index contributed by atoms with van der Waals surface area (Å²) in [6.07, 6.45) is 1.57. The summed E-state index contributed by atoms with van der Waals surface area (Å²) in [6, 6.07) is 3.42. The van der Waals surface area contributed by atoms with E-state index in [2.05, 4.69) is 20.5 Å². The Balaban J connectivity index is 1.98. The van der Waals surface area contributed by atoms with Crippen molar-refractivity contribution in [2.45, 2.75) is 16.5 Å². The van der Waals surface area contributed by atoms with Crippen molar-refractivity contribution in [2.75, 3.05) is 5.32 Å². The summed E-state index contributed by atoms with van der Waals surface area (Å²) in [5, 5.41) is 10.3. The van der Waals surface area contributed by atoms with E-state index in [-0.39, 0.29) is 16.3 Å². The van der Waals surface area contributed by atoms with Gasteiger partial charge in [0.2, 0.25) is 5.91 Å². The first-order valence-corrected chi connectivity index (χ1v) is 7.15. The van der Waals surface area contributed by atoms with Crippen LogP contribution in [0.4, 0.5) is 5.69 Å². The molecular formula is C10H9ClN4OS2. The van der Waals surface area contributed by atoms with Crippen molar-refractivity contribution in [3.63, 3.8) is 0 Å². The third kappa shape index (κ3) is 3.41. The molecule has 18 heavy (non-hydrogen) atoms. The van der Waals surface area contributed by atoms with Crippen LogP contribution in [0, 0.1) is 0 Å². The lowest BCUT2D eigenvalue weighted by Crippen LogP contribution is -2.22. The van der Waals surface area contributed by atoms with Gasteiger partial charge in [-0.15, -0.1) is 10.2 Å². The summed E-state index contributed by atoms with van der Waals surface area (Å²) in [5.41, 5.74) is 2.14. The van der Waals surface area contributed by atoms with Crippen LogP contribution in [-0.4, -0.2) is 26.3 Å². The van der Waals surface area contributed by atoms with Crippen LogP contribution in [0.2, 0.25) is 5.15 Å². The molecule has 1 N–H and O–H groups in total. The molecule has 2 rings (SSSR count). The van der Waals surface area contributed by atoms with E-state index in [1.807, 2.05) is 0 Å². The van der Waals surface area contributed by atoms with Gasteiger partial charge in [0, 0.05) is 6.20 Å². The van der Waals surface area contributed by atoms with Crippen LogP contribution in [0.25, 0.3) is 0 Å². The van der Waals surface area contributed by atoms with Gasteiger partial charge in [-0.1, -0.05) is 34.7 Å². The maximum atomic E-state index is 11.9. The lowest BCUT2D eigenvalue weighted by Gasteiger charge is -2.10. The average molecular weight is 301 g/mol. The number of hydrogen-bond donors (Lipinski definition) is 1. The number of hydrogen-bond acceptors (Lipinski definition) is 6. The number of carbonyl (C=O) groups is 1. The van der Waals surface area contributed by atoms with Crippen molar-refractivity contribution in [3.05, 3.63) is 29.0 Å². The standard InChI is InChI=1S/C10H9ClN4OS2/c1-6(18-10-15-13-5-17-10)9(16)14-7-3-2-4-12-8(7)11/h2-6H,1H3,(H,14,16)/t6-/m0/s1. The Morgan fingerprint density at radius 3 is 3.11 bits per heavy atom. The topological polar surface area (TPSA) is 67.8 Å². The van der Waals surface area contributed by atoms with Crippen LogP contribution in [0.3, 0.4) is 0 Å². The second kappa shape index (κ2) is 6.12. The van der Waals surface area contributed by atoms with Gasteiger partial charge in [0.1, 0.15) is 5.51 Å². The maximum Gasteiger partial charge on any atom is 0.237 e. The fourth-order valence-electron chi connectivity index (χ4n) is 1.13. The van der Waals surface area contributed by atoms with Crippen molar-refractivity contribution in [2.24, 2.45) is 0 Å². The highest BCUT2D eigenvalue weighted by Gasteiger charge is 2.17. The lowest BCUT2D eigenvalue weighted by molar-refractivity contribution is -0.115. The van der Waals surface area contributed by atoms with Crippen LogP contribution < -0.4 is 5.32 Å². The second-order valence-electron chi connectivity index (χ2n) is 3.30. The van der Waals surface area contributed by atoms with Crippen molar-refractivity contribution in [3.8, 4) is 0 Å². The Labute approximate surface area is 117 Å². The minimum absolute atomic E-state index is 0.148. The zero-order chi connectivity index (χ0) is 13.0. The van der Waals surface area contributed by atoms with Gasteiger partial charge in [-0.05, 0) is 19.1 Å². The number of anilines is 1. The summed E-state index contributed by atoms with van der Waals surface area (Å²) in [7, 11) is 0. The first-order valence-electron chi connectivity index (χ1n) is 5.01. The Bertz CT molecular complexity index is 534. The van der Waals surface area contributed by atoms with Crippen LogP contribution in [0.1, 0.15) is 6.92 Å². The molecule has 0 aliphatic carbocycles. The predicted octanol–water partition coefficient (Wildman–Crippen LogP) is 2.71. The van der Waals surface area contributed by atoms with Crippen LogP contribution in [-0.2, 0) is 4.79 Å². The molecule has 5 nitrogen and oxygen atoms in total. The van der Waals surface area contributed by atoms with Crippen LogP contribution >= 0.6 is 34.7 Å². The molecule has 0 saturated heterocycles. The number of nitrogens with zero attached hydrogens (tertiary/aromatic N) is 3. The molecule has 1 amide bonds.